The van der Waals surface area contributed by atoms with Crippen molar-refractivity contribution in [2.75, 3.05) is 40.3 Å². The molecule has 0 aromatic carbocycles. The molecule has 1 aromatic heterocycles. The molecule has 118 valence electrons. The van der Waals surface area contributed by atoms with Gasteiger partial charge in [-0.2, -0.15) is 0 Å². The maximum atomic E-state index is 4.33. The summed E-state index contributed by atoms with van der Waals surface area (Å²) in [6.45, 7) is 6.64. The van der Waals surface area contributed by atoms with Gasteiger partial charge >= 0.3 is 0 Å². The van der Waals surface area contributed by atoms with Gasteiger partial charge in [0.05, 0.1) is 0 Å². The Morgan fingerprint density at radius 1 is 1.43 bits per heavy atom. The minimum atomic E-state index is 0.520. The van der Waals surface area contributed by atoms with Crippen molar-refractivity contribution < 1.29 is 0 Å². The second kappa shape index (κ2) is 8.39. The lowest BCUT2D eigenvalue weighted by molar-refractivity contribution is 0.220. The van der Waals surface area contributed by atoms with E-state index < -0.39 is 0 Å². The molecule has 0 spiro atoms. The number of nitrogens with one attached hydrogen (secondary N) is 2. The summed E-state index contributed by atoms with van der Waals surface area (Å²) < 4.78 is 0. The van der Waals surface area contributed by atoms with Crippen LogP contribution in [0, 0.1) is 5.92 Å². The predicted molar refractivity (Wildman–Crippen MR) is 92.3 cm³/mol. The molecule has 1 fully saturated rings. The lowest BCUT2D eigenvalue weighted by atomic mass is 9.97. The van der Waals surface area contributed by atoms with Crippen molar-refractivity contribution >= 4 is 17.3 Å². The van der Waals surface area contributed by atoms with E-state index in [0.717, 1.165) is 25.0 Å². The molecule has 0 radical (unpaired) electrons. The maximum Gasteiger partial charge on any atom is 0.191 e. The largest absolute Gasteiger partial charge is 0.356 e. The number of likely N-dealkylation sites (tertiary alicyclic amines) is 1. The fraction of sp³-hybridized carbons (Fsp3) is 0.688. The van der Waals surface area contributed by atoms with Gasteiger partial charge in [-0.3, -0.25) is 4.99 Å². The van der Waals surface area contributed by atoms with Gasteiger partial charge in [0, 0.05) is 30.9 Å². The van der Waals surface area contributed by atoms with Crippen molar-refractivity contribution in [2.24, 2.45) is 10.9 Å². The van der Waals surface area contributed by atoms with Gasteiger partial charge in [0.15, 0.2) is 5.96 Å². The zero-order valence-corrected chi connectivity index (χ0v) is 14.2. The van der Waals surface area contributed by atoms with Gasteiger partial charge in [0.1, 0.15) is 0 Å². The third-order valence-electron chi connectivity index (χ3n) is 4.22. The van der Waals surface area contributed by atoms with E-state index >= 15 is 0 Å². The van der Waals surface area contributed by atoms with E-state index in [4.69, 9.17) is 0 Å². The molecule has 4 nitrogen and oxygen atoms in total. The number of rotatable bonds is 5. The Morgan fingerprint density at radius 3 is 2.81 bits per heavy atom. The summed E-state index contributed by atoms with van der Waals surface area (Å²) >= 11 is 1.82. The standard InChI is InChI=1S/C16H28N4S/c1-13(15-5-4-10-21-15)11-18-16(17-2)19-12-14-6-8-20(3)9-7-14/h4-5,10,13-14H,6-9,11-12H2,1-3H3,(H2,17,18,19). The van der Waals surface area contributed by atoms with Crippen LogP contribution in [0.15, 0.2) is 22.5 Å². The molecule has 0 amide bonds. The molecule has 0 saturated carbocycles. The molecule has 1 aromatic rings. The van der Waals surface area contributed by atoms with E-state index in [2.05, 4.69) is 52.0 Å². The zero-order chi connectivity index (χ0) is 15.1. The lowest BCUT2D eigenvalue weighted by Gasteiger charge is -2.29. The molecular formula is C16H28N4S. The van der Waals surface area contributed by atoms with Gasteiger partial charge in [-0.05, 0) is 50.3 Å². The summed E-state index contributed by atoms with van der Waals surface area (Å²) in [7, 11) is 4.05. The van der Waals surface area contributed by atoms with Crippen LogP contribution in [-0.2, 0) is 0 Å². The van der Waals surface area contributed by atoms with Crippen LogP contribution in [-0.4, -0.2) is 51.1 Å². The third-order valence-corrected chi connectivity index (χ3v) is 5.33. The first kappa shape index (κ1) is 16.3. The van der Waals surface area contributed by atoms with Gasteiger partial charge in [-0.15, -0.1) is 11.3 Å². The Hall–Kier alpha value is -1.07. The molecule has 0 aliphatic carbocycles. The van der Waals surface area contributed by atoms with E-state index in [1.165, 1.54) is 30.8 Å². The van der Waals surface area contributed by atoms with Gasteiger partial charge in [0.25, 0.3) is 0 Å². The minimum absolute atomic E-state index is 0.520. The highest BCUT2D eigenvalue weighted by Gasteiger charge is 2.16. The van der Waals surface area contributed by atoms with E-state index in [1.54, 1.807) is 0 Å². The van der Waals surface area contributed by atoms with Crippen LogP contribution in [0.25, 0.3) is 0 Å². The summed E-state index contributed by atoms with van der Waals surface area (Å²) in [5.41, 5.74) is 0. The van der Waals surface area contributed by atoms with Crippen LogP contribution in [0.1, 0.15) is 30.6 Å². The second-order valence-electron chi connectivity index (χ2n) is 6.00. The molecule has 2 rings (SSSR count). The van der Waals surface area contributed by atoms with Crippen LogP contribution >= 0.6 is 11.3 Å². The van der Waals surface area contributed by atoms with E-state index in [9.17, 15) is 0 Å². The molecule has 1 aliphatic heterocycles. The highest BCUT2D eigenvalue weighted by atomic mass is 32.1. The molecule has 5 heteroatoms. The predicted octanol–water partition coefficient (Wildman–Crippen LogP) is 2.36. The van der Waals surface area contributed by atoms with Crippen molar-refractivity contribution in [3.8, 4) is 0 Å². The summed E-state index contributed by atoms with van der Waals surface area (Å²) in [6.07, 6.45) is 2.57. The van der Waals surface area contributed by atoms with Crippen molar-refractivity contribution in [1.29, 1.82) is 0 Å². The zero-order valence-electron chi connectivity index (χ0n) is 13.4. The number of thiophene rings is 1. The maximum absolute atomic E-state index is 4.33. The molecular weight excluding hydrogens is 280 g/mol. The molecule has 1 aliphatic rings. The van der Waals surface area contributed by atoms with Gasteiger partial charge in [-0.1, -0.05) is 13.0 Å². The van der Waals surface area contributed by atoms with Gasteiger partial charge < -0.3 is 15.5 Å². The third kappa shape index (κ3) is 5.32. The van der Waals surface area contributed by atoms with Crippen LogP contribution in [0.5, 0.6) is 0 Å². The number of hydrogen-bond donors (Lipinski definition) is 2. The minimum Gasteiger partial charge on any atom is -0.356 e. The number of guanidine groups is 1. The average Bonchev–Trinajstić information content (AvgIpc) is 3.03. The molecule has 2 heterocycles. The van der Waals surface area contributed by atoms with E-state index in [1.807, 2.05) is 18.4 Å². The Kier molecular flexibility index (Phi) is 6.51. The number of aliphatic imine (C=N–C) groups is 1. The van der Waals surface area contributed by atoms with Crippen LogP contribution in [0.4, 0.5) is 0 Å². The first-order valence-corrected chi connectivity index (χ1v) is 8.73. The van der Waals surface area contributed by atoms with Crippen molar-refractivity contribution in [2.45, 2.75) is 25.7 Å². The second-order valence-corrected chi connectivity index (χ2v) is 6.98. The summed E-state index contributed by atoms with van der Waals surface area (Å²) in [4.78, 5) is 8.16. The molecule has 1 saturated heterocycles. The normalized spacial score (nSPS) is 19.5. The Balaban J connectivity index is 1.69. The fourth-order valence-corrected chi connectivity index (χ4v) is 3.44. The first-order chi connectivity index (χ1) is 10.2. The SMILES string of the molecule is CN=C(NCC1CCN(C)CC1)NCC(C)c1cccs1. The molecule has 1 unspecified atom stereocenters. The summed E-state index contributed by atoms with van der Waals surface area (Å²) in [5.74, 6) is 2.22. The highest BCUT2D eigenvalue weighted by molar-refractivity contribution is 7.10. The summed E-state index contributed by atoms with van der Waals surface area (Å²) in [6, 6.07) is 4.31. The number of piperidine rings is 1. The Morgan fingerprint density at radius 2 is 2.19 bits per heavy atom. The molecule has 1 atom stereocenters. The van der Waals surface area contributed by atoms with Crippen molar-refractivity contribution in [3.63, 3.8) is 0 Å². The smallest absolute Gasteiger partial charge is 0.191 e. The van der Waals surface area contributed by atoms with Crippen LogP contribution < -0.4 is 10.6 Å². The average molecular weight is 308 g/mol. The number of hydrogen-bond acceptors (Lipinski definition) is 3. The van der Waals surface area contributed by atoms with Crippen molar-refractivity contribution in [3.05, 3.63) is 22.4 Å². The quantitative estimate of drug-likeness (QED) is 0.648. The Labute approximate surface area is 132 Å². The molecule has 0 bridgehead atoms. The van der Waals surface area contributed by atoms with Crippen LogP contribution in [0.2, 0.25) is 0 Å². The topological polar surface area (TPSA) is 39.7 Å². The van der Waals surface area contributed by atoms with E-state index in [-0.39, 0.29) is 0 Å². The van der Waals surface area contributed by atoms with Crippen molar-refractivity contribution in [1.82, 2.24) is 15.5 Å². The van der Waals surface area contributed by atoms with E-state index in [0.29, 0.717) is 5.92 Å². The lowest BCUT2D eigenvalue weighted by Crippen LogP contribution is -2.43. The first-order valence-electron chi connectivity index (χ1n) is 7.85. The number of nitrogens with zero attached hydrogens (tertiary/aromatic N) is 2. The monoisotopic (exact) mass is 308 g/mol. The van der Waals surface area contributed by atoms with Gasteiger partial charge in [0.2, 0.25) is 0 Å². The fourth-order valence-electron chi connectivity index (χ4n) is 2.65. The molecule has 21 heavy (non-hydrogen) atoms. The van der Waals surface area contributed by atoms with Gasteiger partial charge in [-0.25, -0.2) is 0 Å². The Bertz CT molecular complexity index is 421. The van der Waals surface area contributed by atoms with Crippen LogP contribution in [0.3, 0.4) is 0 Å². The summed E-state index contributed by atoms with van der Waals surface area (Å²) in [5, 5.41) is 9.06. The highest BCUT2D eigenvalue weighted by Crippen LogP contribution is 2.19. The molecule has 2 N–H and O–H groups in total.